The molecule has 0 spiro atoms. The summed E-state index contributed by atoms with van der Waals surface area (Å²) in [5.41, 5.74) is 2.65. The number of nitrogens with zero attached hydrogens (tertiary/aromatic N) is 5. The molecular weight excluding hydrogens is 528 g/mol. The van der Waals surface area contributed by atoms with Gasteiger partial charge in [-0.2, -0.15) is 10.5 Å². The van der Waals surface area contributed by atoms with E-state index in [0.717, 1.165) is 11.3 Å². The largest absolute Gasteiger partial charge is 0.487 e. The Kier molecular flexibility index (Phi) is 8.90. The molecule has 0 atom stereocenters. The zero-order valence-electron chi connectivity index (χ0n) is 20.7. The number of ether oxygens (including phenoxy) is 1. The second kappa shape index (κ2) is 13.1. The van der Waals surface area contributed by atoms with Gasteiger partial charge in [-0.3, -0.25) is 10.1 Å². The molecule has 0 unspecified atom stereocenters. The molecule has 0 saturated heterocycles. The Morgan fingerprint density at radius 3 is 2.10 bits per heavy atom. The van der Waals surface area contributed by atoms with E-state index in [1.807, 2.05) is 48.5 Å². The summed E-state index contributed by atoms with van der Waals surface area (Å²) >= 11 is 5.45. The van der Waals surface area contributed by atoms with Gasteiger partial charge in [-0.05, 0) is 48.6 Å². The number of aromatic nitrogens is 2. The molecule has 0 aliphatic heterocycles. The van der Waals surface area contributed by atoms with Crippen LogP contribution in [-0.2, 0) is 0 Å². The van der Waals surface area contributed by atoms with E-state index in [2.05, 4.69) is 26.1 Å². The topological polar surface area (TPSA) is 162 Å². The number of non-ortho nitro benzene ring substituents is 1. The average Bonchev–Trinajstić information content (AvgIpc) is 2.98. The molecular formula is C28H20N8O3S. The highest BCUT2D eigenvalue weighted by molar-refractivity contribution is 7.80. The summed E-state index contributed by atoms with van der Waals surface area (Å²) in [6.07, 6.45) is 0. The highest BCUT2D eigenvalue weighted by atomic mass is 32.1. The Bertz CT molecular complexity index is 1610. The number of nitro benzene ring substituents is 1. The van der Waals surface area contributed by atoms with Crippen LogP contribution >= 0.6 is 12.2 Å². The van der Waals surface area contributed by atoms with E-state index < -0.39 is 4.92 Å². The Labute approximate surface area is 234 Å². The van der Waals surface area contributed by atoms with Crippen molar-refractivity contribution in [2.75, 3.05) is 22.6 Å². The first-order valence-electron chi connectivity index (χ1n) is 11.7. The molecule has 0 aliphatic carbocycles. The molecule has 1 heterocycles. The smallest absolute Gasteiger partial charge is 0.269 e. The van der Waals surface area contributed by atoms with Gasteiger partial charge < -0.3 is 20.7 Å². The number of thiocarbonyl (C=S) groups is 1. The number of nitro groups is 1. The second-order valence-corrected chi connectivity index (χ2v) is 8.44. The summed E-state index contributed by atoms with van der Waals surface area (Å²) in [5.74, 6) is 0.771. The van der Waals surface area contributed by atoms with Gasteiger partial charge in [0.1, 0.15) is 24.5 Å². The first-order chi connectivity index (χ1) is 19.5. The van der Waals surface area contributed by atoms with Gasteiger partial charge in [0.2, 0.25) is 0 Å². The zero-order valence-corrected chi connectivity index (χ0v) is 21.6. The minimum atomic E-state index is -0.518. The van der Waals surface area contributed by atoms with E-state index in [-0.39, 0.29) is 28.7 Å². The van der Waals surface area contributed by atoms with Crippen LogP contribution in [-0.4, -0.2) is 26.8 Å². The van der Waals surface area contributed by atoms with Crippen molar-refractivity contribution in [1.82, 2.24) is 10.2 Å². The van der Waals surface area contributed by atoms with Crippen molar-refractivity contribution >= 4 is 40.2 Å². The van der Waals surface area contributed by atoms with Gasteiger partial charge in [-0.1, -0.05) is 42.5 Å². The van der Waals surface area contributed by atoms with Crippen LogP contribution in [0.2, 0.25) is 0 Å². The normalized spacial score (nSPS) is 9.85. The number of nitriles is 2. The fourth-order valence-corrected chi connectivity index (χ4v) is 3.66. The number of hydrogen-bond donors (Lipinski definition) is 3. The van der Waals surface area contributed by atoms with Crippen LogP contribution in [0.3, 0.4) is 0 Å². The van der Waals surface area contributed by atoms with Crippen LogP contribution in [0.4, 0.5) is 22.9 Å². The number of allylic oxidation sites excluding steroid dienone is 1. The quantitative estimate of drug-likeness (QED) is 0.102. The molecule has 0 radical (unpaired) electrons. The maximum absolute atomic E-state index is 10.9. The van der Waals surface area contributed by atoms with E-state index in [1.54, 1.807) is 30.3 Å². The first-order valence-corrected chi connectivity index (χ1v) is 12.1. The van der Waals surface area contributed by atoms with Gasteiger partial charge in [0.05, 0.1) is 27.7 Å². The first kappa shape index (κ1) is 27.2. The van der Waals surface area contributed by atoms with E-state index in [1.165, 1.54) is 24.3 Å². The van der Waals surface area contributed by atoms with E-state index in [4.69, 9.17) is 17.0 Å². The lowest BCUT2D eigenvalue weighted by atomic mass is 10.1. The third-order valence-electron chi connectivity index (χ3n) is 5.39. The summed E-state index contributed by atoms with van der Waals surface area (Å²) in [5, 5.41) is 47.6. The number of hydrogen-bond acceptors (Lipinski definition) is 9. The highest BCUT2D eigenvalue weighted by Crippen LogP contribution is 2.25. The molecule has 1 aromatic heterocycles. The Morgan fingerprint density at radius 2 is 1.50 bits per heavy atom. The van der Waals surface area contributed by atoms with E-state index in [0.29, 0.717) is 22.9 Å². The molecule has 0 bridgehead atoms. The number of para-hydroxylation sites is 2. The highest BCUT2D eigenvalue weighted by Gasteiger charge is 2.13. The number of anilines is 3. The van der Waals surface area contributed by atoms with Gasteiger partial charge in [0.15, 0.2) is 16.5 Å². The molecule has 0 fully saturated rings. The molecule has 11 nitrogen and oxygen atoms in total. The van der Waals surface area contributed by atoms with Gasteiger partial charge in [-0.15, -0.1) is 10.2 Å². The Hall–Kier alpha value is -5.85. The van der Waals surface area contributed by atoms with Crippen LogP contribution in [0.25, 0.3) is 11.3 Å². The second-order valence-electron chi connectivity index (χ2n) is 8.04. The lowest BCUT2D eigenvalue weighted by Crippen LogP contribution is -2.21. The average molecular weight is 549 g/mol. The van der Waals surface area contributed by atoms with E-state index >= 15 is 0 Å². The summed E-state index contributed by atoms with van der Waals surface area (Å²) in [7, 11) is 0. The fraction of sp³-hybridized carbons (Fsp3) is 0.0357. The maximum Gasteiger partial charge on any atom is 0.269 e. The van der Waals surface area contributed by atoms with Crippen molar-refractivity contribution in [1.29, 1.82) is 10.5 Å². The monoisotopic (exact) mass is 548 g/mol. The predicted molar refractivity (Wildman–Crippen MR) is 154 cm³/mol. The SMILES string of the molecule is N#CC(C#N)=C(COc1ccc([N+](=O)[O-])cc1)Nc1ccccc1NC(=S)Nc1ccc(-c2ccccc2)nn1. The van der Waals surface area contributed by atoms with Crippen LogP contribution in [0, 0.1) is 32.8 Å². The minimum Gasteiger partial charge on any atom is -0.487 e. The summed E-state index contributed by atoms with van der Waals surface area (Å²) in [6.45, 7) is -0.172. The summed E-state index contributed by atoms with van der Waals surface area (Å²) in [4.78, 5) is 10.4. The molecule has 196 valence electrons. The minimum absolute atomic E-state index is 0.0846. The van der Waals surface area contributed by atoms with Gasteiger partial charge in [0.25, 0.3) is 5.69 Å². The van der Waals surface area contributed by atoms with Crippen LogP contribution in [0.1, 0.15) is 0 Å². The van der Waals surface area contributed by atoms with Crippen molar-refractivity contribution in [3.63, 3.8) is 0 Å². The Morgan fingerprint density at radius 1 is 0.850 bits per heavy atom. The van der Waals surface area contributed by atoms with E-state index in [9.17, 15) is 20.6 Å². The van der Waals surface area contributed by atoms with Crippen LogP contribution in [0.5, 0.6) is 5.75 Å². The van der Waals surface area contributed by atoms with Crippen LogP contribution in [0.15, 0.2) is 102 Å². The van der Waals surface area contributed by atoms with Crippen molar-refractivity contribution in [2.24, 2.45) is 0 Å². The summed E-state index contributed by atoms with van der Waals surface area (Å²) < 4.78 is 5.68. The van der Waals surface area contributed by atoms with Crippen molar-refractivity contribution < 1.29 is 9.66 Å². The molecule has 0 saturated carbocycles. The van der Waals surface area contributed by atoms with Crippen molar-refractivity contribution in [3.05, 3.63) is 112 Å². The molecule has 4 aromatic rings. The predicted octanol–water partition coefficient (Wildman–Crippen LogP) is 5.65. The maximum atomic E-state index is 10.9. The zero-order chi connectivity index (χ0) is 28.3. The number of nitrogens with one attached hydrogen (secondary N) is 3. The standard InChI is InChI=1S/C28H20N8O3S/c29-16-20(17-30)26(18-39-22-12-10-21(11-13-22)36(37)38)31-24-8-4-5-9-25(24)32-28(40)33-27-15-14-23(34-35-27)19-6-2-1-3-7-19/h1-15,31H,18H2,(H2,32,33,35,40). The lowest BCUT2D eigenvalue weighted by Gasteiger charge is -2.17. The number of benzene rings is 3. The van der Waals surface area contributed by atoms with Crippen molar-refractivity contribution in [3.8, 4) is 29.1 Å². The number of rotatable bonds is 9. The summed E-state index contributed by atoms with van der Waals surface area (Å²) in [6, 6.07) is 29.5. The van der Waals surface area contributed by atoms with Crippen molar-refractivity contribution in [2.45, 2.75) is 0 Å². The van der Waals surface area contributed by atoms with Gasteiger partial charge in [0, 0.05) is 17.7 Å². The lowest BCUT2D eigenvalue weighted by molar-refractivity contribution is -0.384. The fourth-order valence-electron chi connectivity index (χ4n) is 3.45. The third-order valence-corrected chi connectivity index (χ3v) is 5.60. The molecule has 12 heteroatoms. The van der Waals surface area contributed by atoms with Gasteiger partial charge >= 0.3 is 0 Å². The molecule has 0 amide bonds. The molecule has 40 heavy (non-hydrogen) atoms. The molecule has 0 aliphatic rings. The molecule has 3 N–H and O–H groups in total. The molecule has 3 aromatic carbocycles. The van der Waals surface area contributed by atoms with Crippen LogP contribution < -0.4 is 20.7 Å². The molecule has 4 rings (SSSR count). The Balaban J connectivity index is 1.45. The third kappa shape index (κ3) is 7.13. The van der Waals surface area contributed by atoms with Gasteiger partial charge in [-0.25, -0.2) is 0 Å².